The molecule has 4 nitrogen and oxygen atoms in total. The first-order valence-electron chi connectivity index (χ1n) is 6.43. The zero-order valence-electron chi connectivity index (χ0n) is 11.5. The van der Waals surface area contributed by atoms with Gasteiger partial charge in [-0.1, -0.05) is 22.0 Å². The topological polar surface area (TPSA) is 48.7 Å². The summed E-state index contributed by atoms with van der Waals surface area (Å²) in [5.74, 6) is 1.71. The molecule has 1 aromatic carbocycles. The number of hydrogen-bond acceptors (Lipinski definition) is 4. The van der Waals surface area contributed by atoms with Gasteiger partial charge in [-0.25, -0.2) is 4.79 Å². The number of benzene rings is 1. The molecule has 0 atom stereocenters. The summed E-state index contributed by atoms with van der Waals surface area (Å²) in [5, 5.41) is 0. The Labute approximate surface area is 131 Å². The highest BCUT2D eigenvalue weighted by atomic mass is 79.9. The molecule has 0 amide bonds. The van der Waals surface area contributed by atoms with Gasteiger partial charge >= 0.3 is 5.97 Å². The van der Waals surface area contributed by atoms with E-state index in [2.05, 4.69) is 15.9 Å². The third-order valence-electron chi connectivity index (χ3n) is 2.54. The second kappa shape index (κ2) is 7.69. The second-order valence-corrected chi connectivity index (χ2v) is 5.17. The Morgan fingerprint density at radius 2 is 2.14 bits per heavy atom. The largest absolute Gasteiger partial charge is 0.490 e. The molecule has 0 unspecified atom stereocenters. The van der Waals surface area contributed by atoms with Gasteiger partial charge in [0.2, 0.25) is 0 Å². The first-order chi connectivity index (χ1) is 10.1. The van der Waals surface area contributed by atoms with E-state index in [0.29, 0.717) is 12.4 Å². The van der Waals surface area contributed by atoms with Crippen LogP contribution in [0.3, 0.4) is 0 Å². The van der Waals surface area contributed by atoms with E-state index in [1.54, 1.807) is 12.1 Å². The van der Waals surface area contributed by atoms with Crippen LogP contribution in [0.15, 0.2) is 51.4 Å². The molecule has 0 saturated heterocycles. The number of ether oxygens (including phenoxy) is 2. The number of aryl methyl sites for hydroxylation is 1. The molecule has 21 heavy (non-hydrogen) atoms. The van der Waals surface area contributed by atoms with Crippen molar-refractivity contribution in [3.05, 3.63) is 58.5 Å². The molecular formula is C16H15BrO4. The van der Waals surface area contributed by atoms with Crippen LogP contribution >= 0.6 is 15.9 Å². The summed E-state index contributed by atoms with van der Waals surface area (Å²) >= 11 is 3.36. The van der Waals surface area contributed by atoms with Crippen LogP contribution < -0.4 is 4.74 Å². The Kier molecular flexibility index (Phi) is 5.63. The monoisotopic (exact) mass is 350 g/mol. The van der Waals surface area contributed by atoms with Crippen molar-refractivity contribution in [2.24, 2.45) is 0 Å². The number of rotatable bonds is 6. The van der Waals surface area contributed by atoms with E-state index in [0.717, 1.165) is 16.0 Å². The summed E-state index contributed by atoms with van der Waals surface area (Å²) in [7, 11) is 0. The standard InChI is InChI=1S/C16H15BrO4/c1-12-5-6-14(21-12)7-8-16(18)20-10-9-19-15-4-2-3-13(17)11-15/h2-8,11H,9-10H2,1H3/b8-7+. The van der Waals surface area contributed by atoms with Crippen LogP contribution in [0.4, 0.5) is 0 Å². The van der Waals surface area contributed by atoms with Crippen molar-refractivity contribution in [3.63, 3.8) is 0 Å². The van der Waals surface area contributed by atoms with Gasteiger partial charge in [0.05, 0.1) is 0 Å². The molecule has 0 N–H and O–H groups in total. The Balaban J connectivity index is 1.68. The maximum Gasteiger partial charge on any atom is 0.331 e. The lowest BCUT2D eigenvalue weighted by Gasteiger charge is -2.06. The first-order valence-corrected chi connectivity index (χ1v) is 7.22. The number of hydrogen-bond donors (Lipinski definition) is 0. The third kappa shape index (κ3) is 5.47. The molecule has 0 saturated carbocycles. The zero-order chi connectivity index (χ0) is 15.1. The number of halogens is 1. The van der Waals surface area contributed by atoms with Crippen LogP contribution in [-0.2, 0) is 9.53 Å². The predicted molar refractivity (Wildman–Crippen MR) is 83.1 cm³/mol. The molecule has 0 aliphatic heterocycles. The summed E-state index contributed by atoms with van der Waals surface area (Å²) < 4.78 is 16.7. The fourth-order valence-electron chi connectivity index (χ4n) is 1.60. The summed E-state index contributed by atoms with van der Waals surface area (Å²) in [6.07, 6.45) is 2.90. The van der Waals surface area contributed by atoms with Crippen molar-refractivity contribution in [2.45, 2.75) is 6.92 Å². The number of carbonyl (C=O) groups excluding carboxylic acids is 1. The van der Waals surface area contributed by atoms with Gasteiger partial charge in [-0.05, 0) is 43.3 Å². The van der Waals surface area contributed by atoms with E-state index in [-0.39, 0.29) is 6.61 Å². The quantitative estimate of drug-likeness (QED) is 0.449. The lowest BCUT2D eigenvalue weighted by Crippen LogP contribution is -2.10. The van der Waals surface area contributed by atoms with Crippen molar-refractivity contribution in [2.75, 3.05) is 13.2 Å². The molecule has 0 fully saturated rings. The molecule has 2 aromatic rings. The maximum atomic E-state index is 11.5. The molecule has 1 aromatic heterocycles. The van der Waals surface area contributed by atoms with E-state index in [1.165, 1.54) is 6.08 Å². The van der Waals surface area contributed by atoms with Gasteiger partial charge in [0.15, 0.2) is 0 Å². The van der Waals surface area contributed by atoms with Crippen molar-refractivity contribution in [3.8, 4) is 5.75 Å². The van der Waals surface area contributed by atoms with Gasteiger partial charge < -0.3 is 13.9 Å². The van der Waals surface area contributed by atoms with Gasteiger partial charge in [-0.3, -0.25) is 0 Å². The first kappa shape index (κ1) is 15.4. The van der Waals surface area contributed by atoms with E-state index in [1.807, 2.05) is 37.3 Å². The average Bonchev–Trinajstić information content (AvgIpc) is 2.87. The Hall–Kier alpha value is -2.01. The Bertz CT molecular complexity index is 631. The van der Waals surface area contributed by atoms with Gasteiger partial charge in [0.1, 0.15) is 30.5 Å². The molecule has 0 bridgehead atoms. The van der Waals surface area contributed by atoms with Crippen molar-refractivity contribution in [1.29, 1.82) is 0 Å². The molecule has 0 aliphatic carbocycles. The molecule has 0 spiro atoms. The van der Waals surface area contributed by atoms with E-state index in [4.69, 9.17) is 13.9 Å². The lowest BCUT2D eigenvalue weighted by atomic mass is 10.3. The van der Waals surface area contributed by atoms with Crippen molar-refractivity contribution >= 4 is 28.0 Å². The smallest absolute Gasteiger partial charge is 0.331 e. The van der Waals surface area contributed by atoms with Gasteiger partial charge in [0.25, 0.3) is 0 Å². The SMILES string of the molecule is Cc1ccc(/C=C/C(=O)OCCOc2cccc(Br)c2)o1. The van der Waals surface area contributed by atoms with Crippen LogP contribution in [0.1, 0.15) is 11.5 Å². The molecular weight excluding hydrogens is 336 g/mol. The predicted octanol–water partition coefficient (Wildman–Crippen LogP) is 3.99. The highest BCUT2D eigenvalue weighted by molar-refractivity contribution is 9.10. The van der Waals surface area contributed by atoms with Gasteiger partial charge in [-0.2, -0.15) is 0 Å². The highest BCUT2D eigenvalue weighted by Gasteiger charge is 2.00. The minimum Gasteiger partial charge on any atom is -0.490 e. The van der Waals surface area contributed by atoms with Crippen molar-refractivity contribution in [1.82, 2.24) is 0 Å². The summed E-state index contributed by atoms with van der Waals surface area (Å²) in [6.45, 7) is 2.33. The molecule has 2 rings (SSSR count). The molecule has 0 radical (unpaired) electrons. The van der Waals surface area contributed by atoms with Gasteiger partial charge in [0, 0.05) is 10.5 Å². The zero-order valence-corrected chi connectivity index (χ0v) is 13.1. The molecule has 5 heteroatoms. The fourth-order valence-corrected chi connectivity index (χ4v) is 1.98. The average molecular weight is 351 g/mol. The van der Waals surface area contributed by atoms with E-state index >= 15 is 0 Å². The number of esters is 1. The van der Waals surface area contributed by atoms with E-state index in [9.17, 15) is 4.79 Å². The van der Waals surface area contributed by atoms with Crippen LogP contribution in [0, 0.1) is 6.92 Å². The summed E-state index contributed by atoms with van der Waals surface area (Å²) in [4.78, 5) is 11.5. The summed E-state index contributed by atoms with van der Waals surface area (Å²) in [5.41, 5.74) is 0. The van der Waals surface area contributed by atoms with Crippen molar-refractivity contribution < 1.29 is 18.7 Å². The molecule has 1 heterocycles. The minimum absolute atomic E-state index is 0.187. The number of furan rings is 1. The second-order valence-electron chi connectivity index (χ2n) is 4.26. The van der Waals surface area contributed by atoms with E-state index < -0.39 is 5.97 Å². The Morgan fingerprint density at radius 1 is 1.29 bits per heavy atom. The Morgan fingerprint density at radius 3 is 2.86 bits per heavy atom. The highest BCUT2D eigenvalue weighted by Crippen LogP contribution is 2.17. The van der Waals surface area contributed by atoms with Crippen LogP contribution in [0.25, 0.3) is 6.08 Å². The fraction of sp³-hybridized carbons (Fsp3) is 0.188. The third-order valence-corrected chi connectivity index (χ3v) is 3.03. The van der Waals surface area contributed by atoms with Gasteiger partial charge in [-0.15, -0.1) is 0 Å². The minimum atomic E-state index is -0.429. The number of carbonyl (C=O) groups is 1. The van der Waals surface area contributed by atoms with Crippen LogP contribution in [-0.4, -0.2) is 19.2 Å². The molecule has 0 aliphatic rings. The maximum absolute atomic E-state index is 11.5. The molecule has 110 valence electrons. The summed E-state index contributed by atoms with van der Waals surface area (Å²) in [6, 6.07) is 11.1. The normalized spacial score (nSPS) is 10.8. The van der Waals surface area contributed by atoms with Crippen LogP contribution in [0.5, 0.6) is 5.75 Å². The lowest BCUT2D eigenvalue weighted by molar-refractivity contribution is -0.138. The van der Waals surface area contributed by atoms with Crippen LogP contribution in [0.2, 0.25) is 0 Å².